The summed E-state index contributed by atoms with van der Waals surface area (Å²) in [7, 11) is 2.81. The lowest BCUT2D eigenvalue weighted by Gasteiger charge is -2.10. The van der Waals surface area contributed by atoms with Crippen LogP contribution in [0.3, 0.4) is 0 Å². The van der Waals surface area contributed by atoms with Gasteiger partial charge >= 0.3 is 5.97 Å². The number of pyridine rings is 1. The Hall–Kier alpha value is -2.35. The Bertz CT molecular complexity index is 479. The topological polar surface area (TPSA) is 116 Å². The number of nitrogen functional groups attached to an aromatic ring is 1. The minimum absolute atomic E-state index is 0.00839. The molecule has 0 saturated heterocycles. The van der Waals surface area contributed by atoms with Crippen LogP contribution in [0.25, 0.3) is 0 Å². The minimum Gasteiger partial charge on any atom is -0.464 e. The number of ether oxygens (including phenoxy) is 2. The van der Waals surface area contributed by atoms with Crippen LogP contribution in [0.1, 0.15) is 10.5 Å². The zero-order valence-electron chi connectivity index (χ0n) is 11.4. The van der Waals surface area contributed by atoms with Crippen LogP contribution in [-0.4, -0.2) is 50.8 Å². The predicted octanol–water partition coefficient (Wildman–Crippen LogP) is -0.375. The van der Waals surface area contributed by atoms with Crippen LogP contribution >= 0.6 is 0 Å². The van der Waals surface area contributed by atoms with Crippen molar-refractivity contribution in [2.45, 2.75) is 0 Å². The summed E-state index contributed by atoms with van der Waals surface area (Å²) >= 11 is 0. The van der Waals surface area contributed by atoms with Gasteiger partial charge in [0.1, 0.15) is 0 Å². The summed E-state index contributed by atoms with van der Waals surface area (Å²) in [6.45, 7) is 0.845. The molecule has 8 heteroatoms. The highest BCUT2D eigenvalue weighted by Gasteiger charge is 2.11. The van der Waals surface area contributed by atoms with Gasteiger partial charge < -0.3 is 25.8 Å². The second-order valence-electron chi connectivity index (χ2n) is 3.82. The molecule has 4 N–H and O–H groups in total. The van der Waals surface area contributed by atoms with Gasteiger partial charge in [0, 0.05) is 13.7 Å². The molecular formula is C12H18N4O4. The summed E-state index contributed by atoms with van der Waals surface area (Å²) < 4.78 is 9.37. The Morgan fingerprint density at radius 1 is 1.35 bits per heavy atom. The molecule has 0 aliphatic heterocycles. The van der Waals surface area contributed by atoms with Crippen molar-refractivity contribution in [2.75, 3.05) is 45.0 Å². The quantitative estimate of drug-likeness (QED) is 0.461. The Morgan fingerprint density at radius 3 is 2.75 bits per heavy atom. The van der Waals surface area contributed by atoms with E-state index in [1.165, 1.54) is 19.2 Å². The monoisotopic (exact) mass is 282 g/mol. The maximum atomic E-state index is 11.5. The van der Waals surface area contributed by atoms with Gasteiger partial charge in [-0.3, -0.25) is 4.79 Å². The number of anilines is 2. The summed E-state index contributed by atoms with van der Waals surface area (Å²) in [6, 6.07) is 2.97. The fraction of sp³-hybridized carbons (Fsp3) is 0.417. The van der Waals surface area contributed by atoms with E-state index >= 15 is 0 Å². The van der Waals surface area contributed by atoms with E-state index in [4.69, 9.17) is 10.5 Å². The van der Waals surface area contributed by atoms with E-state index in [2.05, 4.69) is 20.4 Å². The highest BCUT2D eigenvalue weighted by atomic mass is 16.5. The Balaban J connectivity index is 2.58. The molecule has 1 heterocycles. The van der Waals surface area contributed by atoms with Crippen LogP contribution in [0.15, 0.2) is 12.1 Å². The molecule has 1 aromatic rings. The molecule has 0 bridgehead atoms. The maximum Gasteiger partial charge on any atom is 0.356 e. The first-order valence-corrected chi connectivity index (χ1v) is 5.92. The Kier molecular flexibility index (Phi) is 6.24. The van der Waals surface area contributed by atoms with E-state index in [1.54, 1.807) is 7.11 Å². The normalized spacial score (nSPS) is 9.90. The molecule has 0 radical (unpaired) electrons. The summed E-state index contributed by atoms with van der Waals surface area (Å²) in [4.78, 5) is 26.8. The minimum atomic E-state index is -0.572. The lowest BCUT2D eigenvalue weighted by Crippen LogP contribution is -2.32. The largest absolute Gasteiger partial charge is 0.464 e. The third kappa shape index (κ3) is 4.73. The maximum absolute atomic E-state index is 11.5. The number of hydrogen-bond donors (Lipinski definition) is 3. The number of nitrogens with one attached hydrogen (secondary N) is 2. The number of esters is 1. The van der Waals surface area contributed by atoms with E-state index in [0.717, 1.165) is 0 Å². The molecule has 0 fully saturated rings. The van der Waals surface area contributed by atoms with Gasteiger partial charge in [-0.2, -0.15) is 0 Å². The first-order valence-electron chi connectivity index (χ1n) is 5.92. The van der Waals surface area contributed by atoms with E-state index in [-0.39, 0.29) is 24.0 Å². The molecule has 1 amide bonds. The smallest absolute Gasteiger partial charge is 0.356 e. The number of nitrogens with zero attached hydrogens (tertiary/aromatic N) is 1. The van der Waals surface area contributed by atoms with Crippen molar-refractivity contribution in [3.05, 3.63) is 17.8 Å². The molecule has 1 aromatic heterocycles. The first-order chi connectivity index (χ1) is 9.58. The number of rotatable bonds is 7. The van der Waals surface area contributed by atoms with Crippen LogP contribution in [0, 0.1) is 0 Å². The average molecular weight is 282 g/mol. The number of hydrogen-bond acceptors (Lipinski definition) is 7. The number of methoxy groups -OCH3 is 2. The molecule has 0 atom stereocenters. The number of aromatic nitrogens is 1. The molecular weight excluding hydrogens is 264 g/mol. The number of nitrogens with two attached hydrogens (primary N) is 1. The molecule has 20 heavy (non-hydrogen) atoms. The van der Waals surface area contributed by atoms with E-state index in [9.17, 15) is 9.59 Å². The fourth-order valence-electron chi connectivity index (χ4n) is 1.35. The van der Waals surface area contributed by atoms with Crippen molar-refractivity contribution in [1.29, 1.82) is 0 Å². The van der Waals surface area contributed by atoms with Crippen molar-refractivity contribution >= 4 is 23.4 Å². The SMILES string of the molecule is COCCNC(=O)CNc1nc(C(=O)OC)ccc1N. The second-order valence-corrected chi connectivity index (χ2v) is 3.82. The lowest BCUT2D eigenvalue weighted by molar-refractivity contribution is -0.119. The van der Waals surface area contributed by atoms with Crippen LogP contribution in [-0.2, 0) is 14.3 Å². The summed E-state index contributed by atoms with van der Waals surface area (Å²) in [5.74, 6) is -0.542. The molecule has 110 valence electrons. The summed E-state index contributed by atoms with van der Waals surface area (Å²) in [5, 5.41) is 5.40. The van der Waals surface area contributed by atoms with Crippen molar-refractivity contribution in [3.63, 3.8) is 0 Å². The van der Waals surface area contributed by atoms with Gasteiger partial charge in [-0.1, -0.05) is 0 Å². The molecule has 0 saturated carbocycles. The van der Waals surface area contributed by atoms with Crippen LogP contribution in [0.5, 0.6) is 0 Å². The molecule has 0 aliphatic carbocycles. The zero-order chi connectivity index (χ0) is 15.0. The molecule has 8 nitrogen and oxygen atoms in total. The Morgan fingerprint density at radius 2 is 2.10 bits per heavy atom. The number of carbonyl (C=O) groups excluding carboxylic acids is 2. The summed E-state index contributed by atoms with van der Waals surface area (Å²) in [5.41, 5.74) is 6.16. The van der Waals surface area contributed by atoms with E-state index < -0.39 is 5.97 Å². The summed E-state index contributed by atoms with van der Waals surface area (Å²) in [6.07, 6.45) is 0. The van der Waals surface area contributed by atoms with Crippen LogP contribution in [0.2, 0.25) is 0 Å². The third-order valence-electron chi connectivity index (χ3n) is 2.37. The van der Waals surface area contributed by atoms with Crippen molar-refractivity contribution in [3.8, 4) is 0 Å². The molecule has 0 unspecified atom stereocenters. The van der Waals surface area contributed by atoms with Gasteiger partial charge in [0.2, 0.25) is 5.91 Å². The number of carbonyl (C=O) groups is 2. The van der Waals surface area contributed by atoms with Gasteiger partial charge in [0.15, 0.2) is 11.5 Å². The number of amides is 1. The Labute approximate surface area is 116 Å². The van der Waals surface area contributed by atoms with Crippen molar-refractivity contribution in [1.82, 2.24) is 10.3 Å². The fourth-order valence-corrected chi connectivity index (χ4v) is 1.35. The highest BCUT2D eigenvalue weighted by Crippen LogP contribution is 2.15. The molecule has 0 aromatic carbocycles. The van der Waals surface area contributed by atoms with E-state index in [1.807, 2.05) is 0 Å². The van der Waals surface area contributed by atoms with Gasteiger partial charge in [0.05, 0.1) is 25.9 Å². The third-order valence-corrected chi connectivity index (χ3v) is 2.37. The standard InChI is InChI=1S/C12H18N4O4/c1-19-6-5-14-10(17)7-15-11-8(13)3-4-9(16-11)12(18)20-2/h3-4H,5-7,13H2,1-2H3,(H,14,17)(H,15,16). The van der Waals surface area contributed by atoms with Crippen molar-refractivity contribution in [2.24, 2.45) is 0 Å². The first kappa shape index (κ1) is 15.7. The second kappa shape index (κ2) is 7.95. The van der Waals surface area contributed by atoms with Gasteiger partial charge in [-0.05, 0) is 12.1 Å². The highest BCUT2D eigenvalue weighted by molar-refractivity contribution is 5.89. The van der Waals surface area contributed by atoms with Gasteiger partial charge in [-0.25, -0.2) is 9.78 Å². The predicted molar refractivity (Wildman–Crippen MR) is 73.4 cm³/mol. The average Bonchev–Trinajstić information content (AvgIpc) is 2.46. The van der Waals surface area contributed by atoms with Gasteiger partial charge in [-0.15, -0.1) is 0 Å². The zero-order valence-corrected chi connectivity index (χ0v) is 11.4. The van der Waals surface area contributed by atoms with Crippen LogP contribution < -0.4 is 16.4 Å². The van der Waals surface area contributed by atoms with Crippen molar-refractivity contribution < 1.29 is 19.1 Å². The van der Waals surface area contributed by atoms with E-state index in [0.29, 0.717) is 18.8 Å². The molecule has 0 aliphatic rings. The van der Waals surface area contributed by atoms with Gasteiger partial charge in [0.25, 0.3) is 0 Å². The molecule has 1 rings (SSSR count). The van der Waals surface area contributed by atoms with Crippen LogP contribution in [0.4, 0.5) is 11.5 Å². The molecule has 0 spiro atoms. The lowest BCUT2D eigenvalue weighted by atomic mass is 10.3.